The summed E-state index contributed by atoms with van der Waals surface area (Å²) in [6.45, 7) is 4.30. The summed E-state index contributed by atoms with van der Waals surface area (Å²) in [7, 11) is 0. The molecule has 1 heterocycles. The van der Waals surface area contributed by atoms with Crippen LogP contribution in [0.15, 0.2) is 36.7 Å². The van der Waals surface area contributed by atoms with E-state index in [0.29, 0.717) is 29.3 Å². The number of ether oxygens (including phenoxy) is 1. The number of benzene rings is 1. The van der Waals surface area contributed by atoms with Crippen molar-refractivity contribution < 1.29 is 9.53 Å². The molecule has 0 aliphatic carbocycles. The van der Waals surface area contributed by atoms with Gasteiger partial charge in [0, 0.05) is 23.5 Å². The second kappa shape index (κ2) is 6.06. The van der Waals surface area contributed by atoms with Crippen molar-refractivity contribution in [2.24, 2.45) is 0 Å². The highest BCUT2D eigenvalue weighted by molar-refractivity contribution is 6.05. The lowest BCUT2D eigenvalue weighted by molar-refractivity contribution is 0.102. The Morgan fingerprint density at radius 2 is 2.20 bits per heavy atom. The number of carbonyl (C=O) groups is 1. The summed E-state index contributed by atoms with van der Waals surface area (Å²) in [5.74, 6) is 0.343. The first kappa shape index (κ1) is 13.9. The zero-order valence-electron chi connectivity index (χ0n) is 11.5. The molecule has 1 aromatic heterocycles. The molecule has 0 spiro atoms. The van der Waals surface area contributed by atoms with Crippen LogP contribution in [0.5, 0.6) is 5.75 Å². The molecule has 0 aliphatic rings. The molecule has 0 saturated heterocycles. The Morgan fingerprint density at radius 1 is 1.40 bits per heavy atom. The number of hydrogen-bond acceptors (Lipinski definition) is 4. The maximum Gasteiger partial charge on any atom is 0.255 e. The van der Waals surface area contributed by atoms with Gasteiger partial charge >= 0.3 is 0 Å². The molecule has 0 fully saturated rings. The Labute approximate surface area is 117 Å². The van der Waals surface area contributed by atoms with Gasteiger partial charge in [-0.05, 0) is 37.6 Å². The minimum atomic E-state index is -0.241. The zero-order valence-corrected chi connectivity index (χ0v) is 11.5. The highest BCUT2D eigenvalue weighted by Gasteiger charge is 2.10. The van der Waals surface area contributed by atoms with Crippen LogP contribution in [0.3, 0.4) is 0 Å². The van der Waals surface area contributed by atoms with Crippen LogP contribution >= 0.6 is 0 Å². The molecular weight excluding hydrogens is 254 g/mol. The molecule has 3 N–H and O–H groups in total. The number of anilines is 2. The second-order valence-corrected chi connectivity index (χ2v) is 4.37. The molecule has 0 unspecified atom stereocenters. The van der Waals surface area contributed by atoms with E-state index >= 15 is 0 Å². The van der Waals surface area contributed by atoms with E-state index in [1.165, 1.54) is 0 Å². The summed E-state index contributed by atoms with van der Waals surface area (Å²) in [5, 5.41) is 2.81. The van der Waals surface area contributed by atoms with Crippen molar-refractivity contribution >= 4 is 17.3 Å². The lowest BCUT2D eigenvalue weighted by Crippen LogP contribution is -2.13. The average molecular weight is 271 g/mol. The predicted octanol–water partition coefficient (Wildman–Crippen LogP) is 2.62. The Morgan fingerprint density at radius 3 is 2.90 bits per heavy atom. The van der Waals surface area contributed by atoms with Gasteiger partial charge in [0.25, 0.3) is 5.91 Å². The molecular formula is C15H17N3O2. The molecule has 2 rings (SSSR count). The maximum absolute atomic E-state index is 12.2. The van der Waals surface area contributed by atoms with Crippen LogP contribution in [0.25, 0.3) is 0 Å². The smallest absolute Gasteiger partial charge is 0.255 e. The van der Waals surface area contributed by atoms with Gasteiger partial charge in [-0.3, -0.25) is 9.78 Å². The van der Waals surface area contributed by atoms with Crippen molar-refractivity contribution in [3.63, 3.8) is 0 Å². The Hall–Kier alpha value is -2.56. The average Bonchev–Trinajstić information content (AvgIpc) is 2.41. The first-order valence-corrected chi connectivity index (χ1v) is 6.35. The van der Waals surface area contributed by atoms with Crippen molar-refractivity contribution in [2.75, 3.05) is 17.7 Å². The first-order chi connectivity index (χ1) is 9.60. The molecule has 0 radical (unpaired) electrons. The summed E-state index contributed by atoms with van der Waals surface area (Å²) in [6.07, 6.45) is 3.29. The van der Waals surface area contributed by atoms with Crippen molar-refractivity contribution in [3.8, 4) is 5.75 Å². The highest BCUT2D eigenvalue weighted by Crippen LogP contribution is 2.20. The molecule has 1 amide bonds. The molecule has 5 heteroatoms. The minimum absolute atomic E-state index is 0.241. The van der Waals surface area contributed by atoms with Gasteiger partial charge in [0.1, 0.15) is 5.75 Å². The molecule has 104 valence electrons. The quantitative estimate of drug-likeness (QED) is 0.838. The maximum atomic E-state index is 12.2. The zero-order chi connectivity index (χ0) is 14.5. The van der Waals surface area contributed by atoms with Gasteiger partial charge in [-0.1, -0.05) is 0 Å². The van der Waals surface area contributed by atoms with Gasteiger partial charge in [0.15, 0.2) is 0 Å². The van der Waals surface area contributed by atoms with Gasteiger partial charge in [-0.25, -0.2) is 0 Å². The van der Waals surface area contributed by atoms with Crippen LogP contribution in [0.2, 0.25) is 0 Å². The van der Waals surface area contributed by atoms with Gasteiger partial charge in [-0.15, -0.1) is 0 Å². The third-order valence-corrected chi connectivity index (χ3v) is 2.79. The largest absolute Gasteiger partial charge is 0.494 e. The molecule has 0 atom stereocenters. The number of aryl methyl sites for hydroxylation is 1. The molecule has 5 nitrogen and oxygen atoms in total. The summed E-state index contributed by atoms with van der Waals surface area (Å²) in [5.41, 5.74) is 8.35. The van der Waals surface area contributed by atoms with E-state index in [1.807, 2.05) is 19.9 Å². The van der Waals surface area contributed by atoms with Gasteiger partial charge in [0.05, 0.1) is 18.5 Å². The molecule has 0 saturated carbocycles. The third-order valence-electron chi connectivity index (χ3n) is 2.79. The van der Waals surface area contributed by atoms with E-state index in [1.54, 1.807) is 30.6 Å². The Kier molecular flexibility index (Phi) is 4.20. The Bertz CT molecular complexity index is 626. The predicted molar refractivity (Wildman–Crippen MR) is 79.0 cm³/mol. The normalized spacial score (nSPS) is 10.1. The van der Waals surface area contributed by atoms with Crippen molar-refractivity contribution in [1.29, 1.82) is 0 Å². The van der Waals surface area contributed by atoms with Gasteiger partial charge in [0.2, 0.25) is 0 Å². The molecule has 1 aromatic carbocycles. The fourth-order valence-corrected chi connectivity index (χ4v) is 1.79. The summed E-state index contributed by atoms with van der Waals surface area (Å²) in [4.78, 5) is 16.2. The number of hydrogen-bond donors (Lipinski definition) is 2. The summed E-state index contributed by atoms with van der Waals surface area (Å²) in [6, 6.07) is 6.81. The second-order valence-electron chi connectivity index (χ2n) is 4.37. The monoisotopic (exact) mass is 271 g/mol. The van der Waals surface area contributed by atoms with E-state index in [2.05, 4.69) is 10.3 Å². The van der Waals surface area contributed by atoms with E-state index in [4.69, 9.17) is 10.5 Å². The van der Waals surface area contributed by atoms with Crippen molar-refractivity contribution in [1.82, 2.24) is 4.98 Å². The summed E-state index contributed by atoms with van der Waals surface area (Å²) < 4.78 is 5.38. The van der Waals surface area contributed by atoms with E-state index in [0.717, 1.165) is 5.56 Å². The van der Waals surface area contributed by atoms with Gasteiger partial charge in [-0.2, -0.15) is 0 Å². The third kappa shape index (κ3) is 3.26. The number of nitrogens with zero attached hydrogens (tertiary/aromatic N) is 1. The SMILES string of the molecule is CCOc1cc(N)cc(C(=O)Nc2cnccc2C)c1. The number of amides is 1. The molecule has 0 bridgehead atoms. The van der Waals surface area contributed by atoms with E-state index < -0.39 is 0 Å². The number of nitrogens with two attached hydrogens (primary N) is 1. The number of nitrogen functional groups attached to an aromatic ring is 1. The molecule has 0 aliphatic heterocycles. The lowest BCUT2D eigenvalue weighted by atomic mass is 10.1. The van der Waals surface area contributed by atoms with Crippen LogP contribution in [-0.4, -0.2) is 17.5 Å². The standard InChI is InChI=1S/C15H17N3O2/c1-3-20-13-7-11(6-12(16)8-13)15(19)18-14-9-17-5-4-10(14)2/h4-9H,3,16H2,1-2H3,(H,18,19). The number of aromatic nitrogens is 1. The van der Waals surface area contributed by atoms with Crippen molar-refractivity contribution in [2.45, 2.75) is 13.8 Å². The van der Waals surface area contributed by atoms with Crippen LogP contribution in [0.1, 0.15) is 22.8 Å². The van der Waals surface area contributed by atoms with Crippen LogP contribution in [0.4, 0.5) is 11.4 Å². The van der Waals surface area contributed by atoms with Crippen LogP contribution in [-0.2, 0) is 0 Å². The number of carbonyl (C=O) groups excluding carboxylic acids is 1. The number of pyridine rings is 1. The molecule has 2 aromatic rings. The Balaban J connectivity index is 2.23. The number of rotatable bonds is 4. The topological polar surface area (TPSA) is 77.2 Å². The highest BCUT2D eigenvalue weighted by atomic mass is 16.5. The molecule has 20 heavy (non-hydrogen) atoms. The first-order valence-electron chi connectivity index (χ1n) is 6.35. The fourth-order valence-electron chi connectivity index (χ4n) is 1.79. The minimum Gasteiger partial charge on any atom is -0.494 e. The van der Waals surface area contributed by atoms with E-state index in [9.17, 15) is 4.79 Å². The lowest BCUT2D eigenvalue weighted by Gasteiger charge is -2.10. The van der Waals surface area contributed by atoms with Crippen molar-refractivity contribution in [3.05, 3.63) is 47.8 Å². The van der Waals surface area contributed by atoms with Gasteiger partial charge < -0.3 is 15.8 Å². The summed E-state index contributed by atoms with van der Waals surface area (Å²) >= 11 is 0. The van der Waals surface area contributed by atoms with E-state index in [-0.39, 0.29) is 5.91 Å². The number of nitrogens with one attached hydrogen (secondary N) is 1. The fraction of sp³-hybridized carbons (Fsp3) is 0.200. The van der Waals surface area contributed by atoms with Crippen LogP contribution < -0.4 is 15.8 Å². The van der Waals surface area contributed by atoms with Crippen LogP contribution in [0, 0.1) is 6.92 Å².